The first-order chi connectivity index (χ1) is 9.91. The van der Waals surface area contributed by atoms with Gasteiger partial charge < -0.3 is 4.57 Å². The molecule has 0 unspecified atom stereocenters. The average Bonchev–Trinajstić information content (AvgIpc) is 2.99. The summed E-state index contributed by atoms with van der Waals surface area (Å²) < 4.78 is 2.27. The summed E-state index contributed by atoms with van der Waals surface area (Å²) in [7, 11) is 0. The number of thiophene rings is 1. The molecule has 0 spiro atoms. The standard InChI is InChI=1S/C17H17N3S/c1-11-7-8-21-15(11)16-19-13-9-12(10-18)5-6-14(13)20(16)17(2,3)4/h5-9H,1-4H3. The molecule has 0 atom stereocenters. The lowest BCUT2D eigenvalue weighted by Gasteiger charge is -2.24. The summed E-state index contributed by atoms with van der Waals surface area (Å²) in [6.45, 7) is 8.65. The van der Waals surface area contributed by atoms with Crippen LogP contribution in [0.15, 0.2) is 29.6 Å². The molecule has 2 aromatic heterocycles. The van der Waals surface area contributed by atoms with Gasteiger partial charge in [-0.3, -0.25) is 0 Å². The van der Waals surface area contributed by atoms with Crippen LogP contribution in [0, 0.1) is 18.3 Å². The monoisotopic (exact) mass is 295 g/mol. The molecule has 3 aromatic rings. The van der Waals surface area contributed by atoms with E-state index in [2.05, 4.69) is 49.8 Å². The van der Waals surface area contributed by atoms with Crippen LogP contribution in [0.1, 0.15) is 31.9 Å². The molecule has 21 heavy (non-hydrogen) atoms. The molecule has 0 saturated carbocycles. The Hall–Kier alpha value is -2.12. The van der Waals surface area contributed by atoms with E-state index in [9.17, 15) is 0 Å². The Balaban J connectivity index is 2.39. The van der Waals surface area contributed by atoms with Gasteiger partial charge in [0.05, 0.1) is 27.5 Å². The van der Waals surface area contributed by atoms with Crippen molar-refractivity contribution in [1.29, 1.82) is 5.26 Å². The van der Waals surface area contributed by atoms with E-state index in [-0.39, 0.29) is 5.54 Å². The second kappa shape index (κ2) is 4.71. The molecule has 0 N–H and O–H groups in total. The largest absolute Gasteiger partial charge is 0.318 e. The number of nitrogens with zero attached hydrogens (tertiary/aromatic N) is 3. The molecule has 0 saturated heterocycles. The van der Waals surface area contributed by atoms with E-state index < -0.39 is 0 Å². The fourth-order valence-corrected chi connectivity index (χ4v) is 3.49. The van der Waals surface area contributed by atoms with Gasteiger partial charge in [-0.05, 0) is 62.9 Å². The van der Waals surface area contributed by atoms with Crippen molar-refractivity contribution in [3.05, 3.63) is 40.8 Å². The fraction of sp³-hybridized carbons (Fsp3) is 0.294. The summed E-state index contributed by atoms with van der Waals surface area (Å²) in [5, 5.41) is 11.2. The number of hydrogen-bond donors (Lipinski definition) is 0. The zero-order chi connectivity index (χ0) is 15.2. The van der Waals surface area contributed by atoms with Gasteiger partial charge in [-0.15, -0.1) is 11.3 Å². The van der Waals surface area contributed by atoms with Gasteiger partial charge in [0.2, 0.25) is 0 Å². The topological polar surface area (TPSA) is 41.6 Å². The summed E-state index contributed by atoms with van der Waals surface area (Å²) in [6, 6.07) is 10.0. The summed E-state index contributed by atoms with van der Waals surface area (Å²) in [4.78, 5) is 6.01. The van der Waals surface area contributed by atoms with E-state index in [1.807, 2.05) is 18.2 Å². The second-order valence-electron chi connectivity index (χ2n) is 6.19. The molecule has 106 valence electrons. The van der Waals surface area contributed by atoms with E-state index in [1.165, 1.54) is 10.4 Å². The third-order valence-electron chi connectivity index (χ3n) is 3.52. The molecule has 0 aliphatic heterocycles. The van der Waals surface area contributed by atoms with E-state index in [1.54, 1.807) is 11.3 Å². The zero-order valence-electron chi connectivity index (χ0n) is 12.6. The van der Waals surface area contributed by atoms with E-state index in [0.717, 1.165) is 16.9 Å². The van der Waals surface area contributed by atoms with Crippen molar-refractivity contribution < 1.29 is 0 Å². The van der Waals surface area contributed by atoms with Gasteiger partial charge in [0, 0.05) is 5.54 Å². The molecule has 0 aliphatic rings. The maximum Gasteiger partial charge on any atom is 0.152 e. The van der Waals surface area contributed by atoms with Crippen molar-refractivity contribution in [3.8, 4) is 16.8 Å². The van der Waals surface area contributed by atoms with Gasteiger partial charge in [-0.1, -0.05) is 0 Å². The number of benzene rings is 1. The molecular formula is C17H17N3S. The Morgan fingerprint density at radius 1 is 1.24 bits per heavy atom. The minimum absolute atomic E-state index is 0.0747. The van der Waals surface area contributed by atoms with Crippen molar-refractivity contribution in [2.75, 3.05) is 0 Å². The minimum atomic E-state index is -0.0747. The Morgan fingerprint density at radius 2 is 2.00 bits per heavy atom. The van der Waals surface area contributed by atoms with Crippen molar-refractivity contribution in [3.63, 3.8) is 0 Å². The first-order valence-electron chi connectivity index (χ1n) is 6.89. The number of aryl methyl sites for hydroxylation is 1. The van der Waals surface area contributed by atoms with E-state index in [4.69, 9.17) is 10.2 Å². The highest BCUT2D eigenvalue weighted by Crippen LogP contribution is 2.35. The van der Waals surface area contributed by atoms with E-state index in [0.29, 0.717) is 5.56 Å². The summed E-state index contributed by atoms with van der Waals surface area (Å²) in [6.07, 6.45) is 0. The summed E-state index contributed by atoms with van der Waals surface area (Å²) in [5.74, 6) is 0.986. The van der Waals surface area contributed by atoms with Gasteiger partial charge in [0.15, 0.2) is 5.82 Å². The van der Waals surface area contributed by atoms with Gasteiger partial charge in [0.1, 0.15) is 0 Å². The van der Waals surface area contributed by atoms with Crippen molar-refractivity contribution in [1.82, 2.24) is 9.55 Å². The molecule has 0 bridgehead atoms. The zero-order valence-corrected chi connectivity index (χ0v) is 13.5. The molecule has 0 aliphatic carbocycles. The number of fused-ring (bicyclic) bond motifs is 1. The molecule has 3 rings (SSSR count). The van der Waals surface area contributed by atoms with Crippen LogP contribution in [0.5, 0.6) is 0 Å². The van der Waals surface area contributed by atoms with Crippen molar-refractivity contribution >= 4 is 22.4 Å². The van der Waals surface area contributed by atoms with E-state index >= 15 is 0 Å². The molecule has 0 fully saturated rings. The van der Waals surface area contributed by atoms with Crippen LogP contribution in [0.4, 0.5) is 0 Å². The normalized spacial score (nSPS) is 11.8. The highest BCUT2D eigenvalue weighted by molar-refractivity contribution is 7.13. The Bertz CT molecular complexity index is 856. The fourth-order valence-electron chi connectivity index (χ4n) is 2.58. The predicted octanol–water partition coefficient (Wildman–Crippen LogP) is 4.70. The number of aromatic nitrogens is 2. The van der Waals surface area contributed by atoms with Crippen LogP contribution in [0.2, 0.25) is 0 Å². The SMILES string of the molecule is Cc1ccsc1-c1nc2cc(C#N)ccc2n1C(C)(C)C. The smallest absolute Gasteiger partial charge is 0.152 e. The summed E-state index contributed by atoms with van der Waals surface area (Å²) in [5.41, 5.74) is 3.77. The number of rotatable bonds is 1. The van der Waals surface area contributed by atoms with Crippen molar-refractivity contribution in [2.24, 2.45) is 0 Å². The van der Waals surface area contributed by atoms with Gasteiger partial charge in [0.25, 0.3) is 0 Å². The van der Waals surface area contributed by atoms with Crippen LogP contribution >= 0.6 is 11.3 Å². The third kappa shape index (κ3) is 2.24. The molecule has 4 heteroatoms. The quantitative estimate of drug-likeness (QED) is 0.653. The number of hydrogen-bond acceptors (Lipinski definition) is 3. The Morgan fingerprint density at radius 3 is 2.57 bits per heavy atom. The third-order valence-corrected chi connectivity index (χ3v) is 4.53. The highest BCUT2D eigenvalue weighted by atomic mass is 32.1. The predicted molar refractivity (Wildman–Crippen MR) is 87.5 cm³/mol. The first-order valence-corrected chi connectivity index (χ1v) is 7.77. The maximum absolute atomic E-state index is 9.08. The van der Waals surface area contributed by atoms with Crippen molar-refractivity contribution in [2.45, 2.75) is 33.2 Å². The molecule has 0 amide bonds. The average molecular weight is 295 g/mol. The van der Waals surface area contributed by atoms with Crippen LogP contribution in [-0.4, -0.2) is 9.55 Å². The molecule has 3 nitrogen and oxygen atoms in total. The Kier molecular flexibility index (Phi) is 3.11. The highest BCUT2D eigenvalue weighted by Gasteiger charge is 2.23. The van der Waals surface area contributed by atoms with Crippen LogP contribution < -0.4 is 0 Å². The lowest BCUT2D eigenvalue weighted by Crippen LogP contribution is -2.22. The minimum Gasteiger partial charge on any atom is -0.318 e. The van der Waals surface area contributed by atoms with Gasteiger partial charge in [-0.2, -0.15) is 5.26 Å². The maximum atomic E-state index is 9.08. The molecule has 1 aromatic carbocycles. The molecular weight excluding hydrogens is 278 g/mol. The van der Waals surface area contributed by atoms with Crippen LogP contribution in [0.25, 0.3) is 21.7 Å². The lowest BCUT2D eigenvalue weighted by atomic mass is 10.1. The first kappa shape index (κ1) is 13.8. The van der Waals surface area contributed by atoms with Crippen LogP contribution in [0.3, 0.4) is 0 Å². The second-order valence-corrected chi connectivity index (χ2v) is 7.11. The van der Waals surface area contributed by atoms with Gasteiger partial charge >= 0.3 is 0 Å². The Labute approximate surface area is 128 Å². The molecule has 0 radical (unpaired) electrons. The number of nitriles is 1. The number of imidazole rings is 1. The summed E-state index contributed by atoms with van der Waals surface area (Å²) >= 11 is 1.71. The lowest BCUT2D eigenvalue weighted by molar-refractivity contribution is 0.413. The molecule has 2 heterocycles. The van der Waals surface area contributed by atoms with Crippen LogP contribution in [-0.2, 0) is 5.54 Å². The van der Waals surface area contributed by atoms with Gasteiger partial charge in [-0.25, -0.2) is 4.98 Å².